The molecule has 1 amide bonds. The predicted octanol–water partition coefficient (Wildman–Crippen LogP) is 3.71. The summed E-state index contributed by atoms with van der Waals surface area (Å²) in [4.78, 5) is 11.0. The summed E-state index contributed by atoms with van der Waals surface area (Å²) >= 11 is 0. The number of anilines is 1. The zero-order valence-corrected chi connectivity index (χ0v) is 11.4. The van der Waals surface area contributed by atoms with E-state index in [9.17, 15) is 4.79 Å². The van der Waals surface area contributed by atoms with Gasteiger partial charge in [0, 0.05) is 12.6 Å². The van der Waals surface area contributed by atoms with Crippen LogP contribution in [0.2, 0.25) is 0 Å². The maximum atomic E-state index is 11.0. The van der Waals surface area contributed by atoms with Crippen molar-refractivity contribution in [2.45, 2.75) is 25.9 Å². The Balaban J connectivity index is 1.71. The maximum Gasteiger partial charge on any atom is 0.221 e. The van der Waals surface area contributed by atoms with E-state index in [1.54, 1.807) is 0 Å². The Morgan fingerprint density at radius 2 is 1.90 bits per heavy atom. The molecule has 0 radical (unpaired) electrons. The average molecular weight is 267 g/mol. The molecule has 0 heterocycles. The van der Waals surface area contributed by atoms with Gasteiger partial charge in [-0.3, -0.25) is 4.79 Å². The third kappa shape index (κ3) is 2.67. The second-order valence-corrected chi connectivity index (χ2v) is 5.05. The lowest BCUT2D eigenvalue weighted by atomic mass is 10.1. The Kier molecular flexibility index (Phi) is 3.42. The molecule has 0 saturated carbocycles. The van der Waals surface area contributed by atoms with Crippen molar-refractivity contribution in [2.75, 3.05) is 5.32 Å². The second-order valence-electron chi connectivity index (χ2n) is 5.05. The number of rotatable bonds is 3. The van der Waals surface area contributed by atoms with Crippen molar-refractivity contribution >= 4 is 11.6 Å². The number of aryl methyl sites for hydroxylation is 1. The number of ether oxygens (including phenoxy) is 1. The van der Waals surface area contributed by atoms with Crippen LogP contribution in [0, 0.1) is 0 Å². The summed E-state index contributed by atoms with van der Waals surface area (Å²) in [5.74, 6) is 0.768. The molecule has 102 valence electrons. The highest BCUT2D eigenvalue weighted by Crippen LogP contribution is 2.34. The number of amides is 1. The molecule has 0 aromatic heterocycles. The summed E-state index contributed by atoms with van der Waals surface area (Å²) in [6, 6.07) is 15.9. The average Bonchev–Trinajstić information content (AvgIpc) is 2.84. The molecular formula is C17H17NO2. The van der Waals surface area contributed by atoms with Gasteiger partial charge in [0.25, 0.3) is 0 Å². The van der Waals surface area contributed by atoms with Gasteiger partial charge in [0.15, 0.2) is 0 Å². The lowest BCUT2D eigenvalue weighted by Crippen LogP contribution is -2.06. The SMILES string of the molecule is CC(=O)Nc1ccc(OC2CCc3ccccc32)cc1. The highest BCUT2D eigenvalue weighted by Gasteiger charge is 2.23. The highest BCUT2D eigenvalue weighted by molar-refractivity contribution is 5.88. The van der Waals surface area contributed by atoms with Crippen molar-refractivity contribution < 1.29 is 9.53 Å². The van der Waals surface area contributed by atoms with E-state index in [-0.39, 0.29) is 12.0 Å². The fourth-order valence-electron chi connectivity index (χ4n) is 2.62. The van der Waals surface area contributed by atoms with Crippen LogP contribution in [0.5, 0.6) is 5.75 Å². The van der Waals surface area contributed by atoms with Gasteiger partial charge in [-0.15, -0.1) is 0 Å². The molecule has 20 heavy (non-hydrogen) atoms. The summed E-state index contributed by atoms with van der Waals surface area (Å²) in [5.41, 5.74) is 3.46. The molecule has 0 bridgehead atoms. The smallest absolute Gasteiger partial charge is 0.221 e. The van der Waals surface area contributed by atoms with E-state index >= 15 is 0 Å². The predicted molar refractivity (Wildman–Crippen MR) is 78.9 cm³/mol. The molecule has 1 aliphatic rings. The van der Waals surface area contributed by atoms with E-state index in [0.717, 1.165) is 24.3 Å². The number of hydrogen-bond acceptors (Lipinski definition) is 2. The Labute approximate surface area is 118 Å². The minimum Gasteiger partial charge on any atom is -0.486 e. The molecule has 1 aliphatic carbocycles. The lowest BCUT2D eigenvalue weighted by Gasteiger charge is -2.15. The molecule has 0 fully saturated rings. The monoisotopic (exact) mass is 267 g/mol. The first kappa shape index (κ1) is 12.7. The van der Waals surface area contributed by atoms with Gasteiger partial charge < -0.3 is 10.1 Å². The molecule has 2 aromatic rings. The van der Waals surface area contributed by atoms with Gasteiger partial charge in [-0.05, 0) is 48.2 Å². The van der Waals surface area contributed by atoms with Crippen LogP contribution >= 0.6 is 0 Å². The summed E-state index contributed by atoms with van der Waals surface area (Å²) in [7, 11) is 0. The molecule has 1 atom stereocenters. The Morgan fingerprint density at radius 1 is 1.15 bits per heavy atom. The van der Waals surface area contributed by atoms with Crippen LogP contribution < -0.4 is 10.1 Å². The van der Waals surface area contributed by atoms with E-state index < -0.39 is 0 Å². The van der Waals surface area contributed by atoms with E-state index in [4.69, 9.17) is 4.74 Å². The molecule has 3 nitrogen and oxygen atoms in total. The van der Waals surface area contributed by atoms with Crippen molar-refractivity contribution in [3.05, 3.63) is 59.7 Å². The van der Waals surface area contributed by atoms with Gasteiger partial charge in [0.2, 0.25) is 5.91 Å². The fraction of sp³-hybridized carbons (Fsp3) is 0.235. The number of hydrogen-bond donors (Lipinski definition) is 1. The van der Waals surface area contributed by atoms with E-state index in [1.165, 1.54) is 18.1 Å². The number of benzene rings is 2. The minimum atomic E-state index is -0.0663. The van der Waals surface area contributed by atoms with Gasteiger partial charge in [-0.2, -0.15) is 0 Å². The summed E-state index contributed by atoms with van der Waals surface area (Å²) < 4.78 is 6.05. The Morgan fingerprint density at radius 3 is 2.65 bits per heavy atom. The Bertz CT molecular complexity index is 619. The zero-order valence-electron chi connectivity index (χ0n) is 11.4. The van der Waals surface area contributed by atoms with Crippen molar-refractivity contribution in [1.29, 1.82) is 0 Å². The molecule has 0 saturated heterocycles. The largest absolute Gasteiger partial charge is 0.486 e. The number of carbonyl (C=O) groups excluding carboxylic acids is 1. The standard InChI is InChI=1S/C17H17NO2/c1-12(19)18-14-7-9-15(10-8-14)20-17-11-6-13-4-2-3-5-16(13)17/h2-5,7-10,17H,6,11H2,1H3,(H,18,19). The second kappa shape index (κ2) is 5.37. The van der Waals surface area contributed by atoms with Crippen molar-refractivity contribution in [2.24, 2.45) is 0 Å². The van der Waals surface area contributed by atoms with Crippen LogP contribution in [0.15, 0.2) is 48.5 Å². The molecule has 0 spiro atoms. The number of fused-ring (bicyclic) bond motifs is 1. The fourth-order valence-corrected chi connectivity index (χ4v) is 2.62. The summed E-state index contributed by atoms with van der Waals surface area (Å²) in [5, 5.41) is 2.75. The molecule has 0 aliphatic heterocycles. The van der Waals surface area contributed by atoms with Crippen molar-refractivity contribution in [1.82, 2.24) is 0 Å². The molecule has 3 rings (SSSR count). The third-order valence-corrected chi connectivity index (χ3v) is 3.53. The molecular weight excluding hydrogens is 250 g/mol. The highest BCUT2D eigenvalue weighted by atomic mass is 16.5. The first-order chi connectivity index (χ1) is 9.72. The van der Waals surface area contributed by atoms with Gasteiger partial charge >= 0.3 is 0 Å². The molecule has 1 unspecified atom stereocenters. The van der Waals surface area contributed by atoms with Gasteiger partial charge in [0.1, 0.15) is 11.9 Å². The molecule has 1 N–H and O–H groups in total. The topological polar surface area (TPSA) is 38.3 Å². The van der Waals surface area contributed by atoms with Crippen LogP contribution in [0.25, 0.3) is 0 Å². The minimum absolute atomic E-state index is 0.0663. The van der Waals surface area contributed by atoms with Crippen LogP contribution in [0.4, 0.5) is 5.69 Å². The van der Waals surface area contributed by atoms with Crippen LogP contribution in [0.1, 0.15) is 30.6 Å². The summed E-state index contributed by atoms with van der Waals surface area (Å²) in [6.07, 6.45) is 2.23. The quantitative estimate of drug-likeness (QED) is 0.920. The zero-order chi connectivity index (χ0) is 13.9. The van der Waals surface area contributed by atoms with Gasteiger partial charge in [0.05, 0.1) is 0 Å². The van der Waals surface area contributed by atoms with E-state index in [0.29, 0.717) is 0 Å². The first-order valence-electron chi connectivity index (χ1n) is 6.84. The van der Waals surface area contributed by atoms with E-state index in [1.807, 2.05) is 24.3 Å². The van der Waals surface area contributed by atoms with E-state index in [2.05, 4.69) is 29.6 Å². The third-order valence-electron chi connectivity index (χ3n) is 3.53. The Hall–Kier alpha value is -2.29. The lowest BCUT2D eigenvalue weighted by molar-refractivity contribution is -0.114. The van der Waals surface area contributed by atoms with Gasteiger partial charge in [-0.25, -0.2) is 0 Å². The maximum absolute atomic E-state index is 11.0. The first-order valence-corrected chi connectivity index (χ1v) is 6.84. The molecule has 2 aromatic carbocycles. The van der Waals surface area contributed by atoms with Crippen LogP contribution in [0.3, 0.4) is 0 Å². The van der Waals surface area contributed by atoms with Crippen molar-refractivity contribution in [3.8, 4) is 5.75 Å². The summed E-state index contributed by atoms with van der Waals surface area (Å²) in [6.45, 7) is 1.50. The van der Waals surface area contributed by atoms with Crippen molar-refractivity contribution in [3.63, 3.8) is 0 Å². The normalized spacial score (nSPS) is 16.6. The van der Waals surface area contributed by atoms with Gasteiger partial charge in [-0.1, -0.05) is 24.3 Å². The number of nitrogens with one attached hydrogen (secondary N) is 1. The molecule has 3 heteroatoms. The van der Waals surface area contributed by atoms with Crippen LogP contribution in [-0.2, 0) is 11.2 Å². The van der Waals surface area contributed by atoms with Crippen LogP contribution in [-0.4, -0.2) is 5.91 Å². The number of carbonyl (C=O) groups is 1.